The number of H-pyrrole nitrogens is 1. The summed E-state index contributed by atoms with van der Waals surface area (Å²) in [5.41, 5.74) is 4.47. The first kappa shape index (κ1) is 11.7. The largest absolute Gasteiger partial charge is 0.358 e. The molecule has 0 saturated carbocycles. The predicted octanol–water partition coefficient (Wildman–Crippen LogP) is 2.12. The molecule has 2 atom stereocenters. The number of amides is 2. The van der Waals surface area contributed by atoms with Crippen LogP contribution < -0.4 is 0 Å². The van der Waals surface area contributed by atoms with Gasteiger partial charge in [0, 0.05) is 23.6 Å². The summed E-state index contributed by atoms with van der Waals surface area (Å²) in [6.07, 6.45) is 1.61. The fourth-order valence-corrected chi connectivity index (χ4v) is 3.79. The Morgan fingerprint density at radius 3 is 2.85 bits per heavy atom. The van der Waals surface area contributed by atoms with Crippen LogP contribution in [0.3, 0.4) is 0 Å². The molecule has 2 amide bonds. The van der Waals surface area contributed by atoms with Gasteiger partial charge in [0.2, 0.25) is 11.8 Å². The summed E-state index contributed by atoms with van der Waals surface area (Å²) in [7, 11) is 1.60. The maximum atomic E-state index is 12.4. The minimum Gasteiger partial charge on any atom is -0.358 e. The molecular formula is C16H16N2O2. The molecule has 2 aliphatic rings. The van der Waals surface area contributed by atoms with Gasteiger partial charge in [0.05, 0.1) is 11.8 Å². The van der Waals surface area contributed by atoms with Gasteiger partial charge in [-0.05, 0) is 30.9 Å². The van der Waals surface area contributed by atoms with E-state index in [0.29, 0.717) is 0 Å². The quantitative estimate of drug-likeness (QED) is 0.744. The topological polar surface area (TPSA) is 53.2 Å². The van der Waals surface area contributed by atoms with Gasteiger partial charge in [0.1, 0.15) is 0 Å². The van der Waals surface area contributed by atoms with Crippen LogP contribution in [0.2, 0.25) is 0 Å². The van der Waals surface area contributed by atoms with Crippen LogP contribution in [0.25, 0.3) is 10.9 Å². The van der Waals surface area contributed by atoms with E-state index in [1.54, 1.807) is 7.05 Å². The average molecular weight is 268 g/mol. The molecule has 1 fully saturated rings. The molecule has 1 saturated heterocycles. The van der Waals surface area contributed by atoms with Crippen molar-refractivity contribution in [3.05, 3.63) is 35.0 Å². The Kier molecular flexibility index (Phi) is 2.18. The van der Waals surface area contributed by atoms with Crippen molar-refractivity contribution in [2.24, 2.45) is 5.92 Å². The highest BCUT2D eigenvalue weighted by molar-refractivity contribution is 6.09. The molecule has 1 aromatic heterocycles. The van der Waals surface area contributed by atoms with Crippen molar-refractivity contribution >= 4 is 22.7 Å². The lowest BCUT2D eigenvalue weighted by Gasteiger charge is -2.21. The zero-order valence-corrected chi connectivity index (χ0v) is 11.6. The van der Waals surface area contributed by atoms with Gasteiger partial charge in [-0.15, -0.1) is 0 Å². The predicted molar refractivity (Wildman–Crippen MR) is 75.4 cm³/mol. The molecule has 2 heterocycles. The van der Waals surface area contributed by atoms with Gasteiger partial charge in [-0.3, -0.25) is 14.5 Å². The molecule has 0 unspecified atom stereocenters. The number of carbonyl (C=O) groups is 2. The highest BCUT2D eigenvalue weighted by Crippen LogP contribution is 2.45. The molecule has 102 valence electrons. The SMILES string of the molecule is Cc1cccc2c3c([nH]c12)CC[C@H]1C(=O)N(C)C(=O)[C@@H]31. The zero-order valence-electron chi connectivity index (χ0n) is 11.6. The van der Waals surface area contributed by atoms with Gasteiger partial charge in [-0.2, -0.15) is 0 Å². The molecule has 4 rings (SSSR count). The van der Waals surface area contributed by atoms with Crippen LogP contribution in [-0.2, 0) is 16.0 Å². The normalized spacial score (nSPS) is 25.2. The van der Waals surface area contributed by atoms with E-state index in [2.05, 4.69) is 24.0 Å². The van der Waals surface area contributed by atoms with Crippen LogP contribution >= 0.6 is 0 Å². The molecule has 1 aliphatic heterocycles. The number of benzene rings is 1. The van der Waals surface area contributed by atoms with Crippen molar-refractivity contribution in [3.63, 3.8) is 0 Å². The summed E-state index contributed by atoms with van der Waals surface area (Å²) in [5.74, 6) is -0.526. The van der Waals surface area contributed by atoms with Crippen LogP contribution in [-0.4, -0.2) is 28.7 Å². The summed E-state index contributed by atoms with van der Waals surface area (Å²) < 4.78 is 0. The van der Waals surface area contributed by atoms with Gasteiger partial charge in [-0.25, -0.2) is 0 Å². The number of fused-ring (bicyclic) bond motifs is 5. The second-order valence-corrected chi connectivity index (χ2v) is 5.87. The van der Waals surface area contributed by atoms with Crippen LogP contribution in [0.4, 0.5) is 0 Å². The van der Waals surface area contributed by atoms with Crippen molar-refractivity contribution < 1.29 is 9.59 Å². The second-order valence-electron chi connectivity index (χ2n) is 5.87. The Morgan fingerprint density at radius 2 is 2.05 bits per heavy atom. The van der Waals surface area contributed by atoms with Crippen molar-refractivity contribution in [1.82, 2.24) is 9.88 Å². The van der Waals surface area contributed by atoms with Crippen molar-refractivity contribution in [3.8, 4) is 0 Å². The minimum absolute atomic E-state index is 0.0207. The van der Waals surface area contributed by atoms with Crippen molar-refractivity contribution in [2.45, 2.75) is 25.7 Å². The van der Waals surface area contributed by atoms with E-state index in [9.17, 15) is 9.59 Å². The highest BCUT2D eigenvalue weighted by atomic mass is 16.2. The van der Waals surface area contributed by atoms with Crippen LogP contribution in [0.1, 0.15) is 29.2 Å². The number of para-hydroxylation sites is 1. The summed E-state index contributed by atoms with van der Waals surface area (Å²) in [6, 6.07) is 6.13. The molecular weight excluding hydrogens is 252 g/mol. The smallest absolute Gasteiger partial charge is 0.237 e. The minimum atomic E-state index is -0.285. The van der Waals surface area contributed by atoms with E-state index >= 15 is 0 Å². The third-order valence-corrected chi connectivity index (χ3v) is 4.83. The number of likely N-dealkylation sites (N-methyl/N-ethyl adjacent to an activating group) is 1. The number of carbonyl (C=O) groups excluding carboxylic acids is 2. The molecule has 2 aromatic rings. The standard InChI is InChI=1S/C16H16N2O2/c1-8-4-3-5-9-12-11(17-14(8)9)7-6-10-13(12)16(20)18(2)15(10)19/h3-5,10,13,17H,6-7H2,1-2H3/t10-,13-/m1/s1. The molecule has 1 N–H and O–H groups in total. The average Bonchev–Trinajstić information content (AvgIpc) is 2.92. The first-order valence-electron chi connectivity index (χ1n) is 7.01. The molecule has 0 radical (unpaired) electrons. The van der Waals surface area contributed by atoms with E-state index in [0.717, 1.165) is 35.0 Å². The fraction of sp³-hybridized carbons (Fsp3) is 0.375. The molecule has 20 heavy (non-hydrogen) atoms. The van der Waals surface area contributed by atoms with Crippen LogP contribution in [0.5, 0.6) is 0 Å². The maximum absolute atomic E-state index is 12.4. The Morgan fingerprint density at radius 1 is 1.25 bits per heavy atom. The summed E-state index contributed by atoms with van der Waals surface area (Å²) in [5, 5.41) is 1.10. The van der Waals surface area contributed by atoms with E-state index in [4.69, 9.17) is 0 Å². The van der Waals surface area contributed by atoms with Gasteiger partial charge in [0.25, 0.3) is 0 Å². The third-order valence-electron chi connectivity index (χ3n) is 4.83. The third kappa shape index (κ3) is 1.26. The second kappa shape index (κ2) is 3.72. The molecule has 4 nitrogen and oxygen atoms in total. The lowest BCUT2D eigenvalue weighted by atomic mass is 9.78. The number of aryl methyl sites for hydroxylation is 2. The van der Waals surface area contributed by atoms with Crippen molar-refractivity contribution in [1.29, 1.82) is 0 Å². The van der Waals surface area contributed by atoms with Gasteiger partial charge in [0.15, 0.2) is 0 Å². The first-order valence-corrected chi connectivity index (χ1v) is 7.01. The number of likely N-dealkylation sites (tertiary alicyclic amines) is 1. The fourth-order valence-electron chi connectivity index (χ4n) is 3.79. The Bertz CT molecular complexity index is 759. The van der Waals surface area contributed by atoms with Gasteiger partial charge in [-0.1, -0.05) is 18.2 Å². The number of hydrogen-bond donors (Lipinski definition) is 1. The van der Waals surface area contributed by atoms with E-state index < -0.39 is 0 Å². The maximum Gasteiger partial charge on any atom is 0.237 e. The summed E-state index contributed by atoms with van der Waals surface area (Å²) in [4.78, 5) is 29.4. The Balaban J connectivity index is 2.01. The first-order chi connectivity index (χ1) is 9.59. The lowest BCUT2D eigenvalue weighted by molar-refractivity contribution is -0.137. The number of hydrogen-bond acceptors (Lipinski definition) is 2. The van der Waals surface area contributed by atoms with E-state index in [1.165, 1.54) is 10.5 Å². The van der Waals surface area contributed by atoms with Crippen molar-refractivity contribution in [2.75, 3.05) is 7.05 Å². The number of nitrogens with one attached hydrogen (secondary N) is 1. The number of imide groups is 1. The number of rotatable bonds is 0. The van der Waals surface area contributed by atoms with Crippen LogP contribution in [0.15, 0.2) is 18.2 Å². The zero-order chi connectivity index (χ0) is 14.0. The monoisotopic (exact) mass is 268 g/mol. The lowest BCUT2D eigenvalue weighted by Crippen LogP contribution is -2.25. The molecule has 1 aromatic carbocycles. The number of aromatic amines is 1. The van der Waals surface area contributed by atoms with Gasteiger partial charge < -0.3 is 4.98 Å². The number of nitrogens with zero attached hydrogens (tertiary/aromatic N) is 1. The molecule has 4 heteroatoms. The molecule has 1 aliphatic carbocycles. The van der Waals surface area contributed by atoms with Crippen LogP contribution in [0, 0.1) is 12.8 Å². The highest BCUT2D eigenvalue weighted by Gasteiger charge is 2.49. The summed E-state index contributed by atoms with van der Waals surface area (Å²) in [6.45, 7) is 2.06. The van der Waals surface area contributed by atoms with E-state index in [1.807, 2.05) is 6.07 Å². The summed E-state index contributed by atoms with van der Waals surface area (Å²) >= 11 is 0. The number of aromatic nitrogens is 1. The molecule has 0 spiro atoms. The van der Waals surface area contributed by atoms with E-state index in [-0.39, 0.29) is 23.7 Å². The van der Waals surface area contributed by atoms with Gasteiger partial charge >= 0.3 is 0 Å². The Labute approximate surface area is 116 Å². The Hall–Kier alpha value is -2.10. The molecule has 0 bridgehead atoms.